The molecule has 13 heavy (non-hydrogen) atoms. The van der Waals surface area contributed by atoms with E-state index in [-0.39, 0.29) is 0 Å². The Bertz CT molecular complexity index is 290. The van der Waals surface area contributed by atoms with Gasteiger partial charge in [-0.1, -0.05) is 6.07 Å². The fraction of sp³-hybridized carbons (Fsp3) is 0.500. The lowest BCUT2D eigenvalue weighted by atomic mass is 9.95. The lowest BCUT2D eigenvalue weighted by molar-refractivity contribution is 0.0654. The van der Waals surface area contributed by atoms with Crippen molar-refractivity contribution in [1.82, 2.24) is 4.98 Å². The lowest BCUT2D eigenvalue weighted by Crippen LogP contribution is -2.24. The molecule has 1 atom stereocenters. The Hall–Kier alpha value is -0.540. The van der Waals surface area contributed by atoms with Crippen LogP contribution in [0.15, 0.2) is 18.3 Å². The molecule has 0 saturated carbocycles. The Morgan fingerprint density at radius 1 is 1.54 bits per heavy atom. The van der Waals surface area contributed by atoms with E-state index in [1.807, 2.05) is 19.1 Å². The number of aromatic nitrogens is 1. The van der Waals surface area contributed by atoms with Gasteiger partial charge < -0.3 is 5.11 Å². The van der Waals surface area contributed by atoms with Crippen LogP contribution in [0.5, 0.6) is 0 Å². The van der Waals surface area contributed by atoms with E-state index in [0.29, 0.717) is 0 Å². The van der Waals surface area contributed by atoms with Gasteiger partial charge in [0.1, 0.15) is 5.60 Å². The summed E-state index contributed by atoms with van der Waals surface area (Å²) in [5.74, 6) is 1.85. The van der Waals surface area contributed by atoms with Crippen molar-refractivity contribution in [2.24, 2.45) is 0 Å². The van der Waals surface area contributed by atoms with Gasteiger partial charge in [-0.3, -0.25) is 4.98 Å². The van der Waals surface area contributed by atoms with E-state index in [1.165, 1.54) is 0 Å². The molecule has 1 fully saturated rings. The predicted molar refractivity (Wildman–Crippen MR) is 54.8 cm³/mol. The first-order valence-corrected chi connectivity index (χ1v) is 5.59. The second kappa shape index (κ2) is 3.31. The molecular weight excluding hydrogens is 182 g/mol. The molecule has 2 heterocycles. The summed E-state index contributed by atoms with van der Waals surface area (Å²) in [6, 6.07) is 3.94. The van der Waals surface area contributed by atoms with Gasteiger partial charge >= 0.3 is 0 Å². The summed E-state index contributed by atoms with van der Waals surface area (Å²) >= 11 is 1.80. The third-order valence-corrected chi connectivity index (χ3v) is 3.62. The highest BCUT2D eigenvalue weighted by molar-refractivity contribution is 7.99. The highest BCUT2D eigenvalue weighted by Gasteiger charge is 2.33. The molecule has 0 radical (unpaired) electrons. The number of nitrogens with zero attached hydrogens (tertiary/aromatic N) is 1. The van der Waals surface area contributed by atoms with Gasteiger partial charge in [0.15, 0.2) is 0 Å². The van der Waals surface area contributed by atoms with E-state index >= 15 is 0 Å². The summed E-state index contributed by atoms with van der Waals surface area (Å²) in [7, 11) is 0. The van der Waals surface area contributed by atoms with E-state index in [9.17, 15) is 5.11 Å². The minimum atomic E-state index is -0.620. The standard InChI is InChI=1S/C10H13NOS/c1-8-2-3-9(6-11-8)10(12)4-5-13-7-10/h2-3,6,12H,4-5,7H2,1H3. The van der Waals surface area contributed by atoms with E-state index in [1.54, 1.807) is 18.0 Å². The van der Waals surface area contributed by atoms with Crippen LogP contribution >= 0.6 is 11.8 Å². The van der Waals surface area contributed by atoms with Crippen molar-refractivity contribution < 1.29 is 5.11 Å². The Balaban J connectivity index is 2.29. The highest BCUT2D eigenvalue weighted by atomic mass is 32.2. The molecule has 1 aromatic rings. The molecule has 1 unspecified atom stereocenters. The monoisotopic (exact) mass is 195 g/mol. The molecule has 3 heteroatoms. The third-order valence-electron chi connectivity index (χ3n) is 2.45. The number of aryl methyl sites for hydroxylation is 1. The Morgan fingerprint density at radius 2 is 2.38 bits per heavy atom. The fourth-order valence-corrected chi connectivity index (χ4v) is 2.80. The molecule has 1 aliphatic heterocycles. The zero-order valence-corrected chi connectivity index (χ0v) is 8.47. The molecule has 0 aromatic carbocycles. The SMILES string of the molecule is Cc1ccc(C2(O)CCSC2)cn1. The van der Waals surface area contributed by atoms with Crippen LogP contribution in [0.2, 0.25) is 0 Å². The average molecular weight is 195 g/mol. The Labute approximate surface area is 82.4 Å². The van der Waals surface area contributed by atoms with Gasteiger partial charge in [-0.25, -0.2) is 0 Å². The van der Waals surface area contributed by atoms with Gasteiger partial charge in [0, 0.05) is 23.2 Å². The lowest BCUT2D eigenvalue weighted by Gasteiger charge is -2.21. The molecule has 0 spiro atoms. The van der Waals surface area contributed by atoms with Gasteiger partial charge in [-0.15, -0.1) is 0 Å². The fourth-order valence-electron chi connectivity index (χ4n) is 1.52. The maximum atomic E-state index is 10.2. The predicted octanol–water partition coefficient (Wildman–Crippen LogP) is 1.71. The van der Waals surface area contributed by atoms with Crippen LogP contribution in [-0.4, -0.2) is 21.6 Å². The molecule has 2 rings (SSSR count). The number of rotatable bonds is 1. The summed E-state index contributed by atoms with van der Waals surface area (Å²) in [6.45, 7) is 1.96. The quantitative estimate of drug-likeness (QED) is 0.740. The smallest absolute Gasteiger partial charge is 0.101 e. The number of hydrogen-bond acceptors (Lipinski definition) is 3. The Kier molecular flexibility index (Phi) is 2.30. The molecule has 1 N–H and O–H groups in total. The van der Waals surface area contributed by atoms with Crippen LogP contribution in [0.4, 0.5) is 0 Å². The number of pyridine rings is 1. The molecule has 0 aliphatic carbocycles. The molecule has 1 aliphatic rings. The molecule has 70 valence electrons. The van der Waals surface area contributed by atoms with Crippen LogP contribution in [0.1, 0.15) is 17.7 Å². The maximum absolute atomic E-state index is 10.2. The first kappa shape index (κ1) is 9.03. The topological polar surface area (TPSA) is 33.1 Å². The van der Waals surface area contributed by atoms with E-state index in [4.69, 9.17) is 0 Å². The van der Waals surface area contributed by atoms with Crippen molar-refractivity contribution in [3.05, 3.63) is 29.6 Å². The van der Waals surface area contributed by atoms with Gasteiger partial charge in [-0.05, 0) is 25.2 Å². The first-order valence-electron chi connectivity index (χ1n) is 4.44. The summed E-state index contributed by atoms with van der Waals surface area (Å²) < 4.78 is 0. The molecule has 0 amide bonds. The van der Waals surface area contributed by atoms with Crippen molar-refractivity contribution in [3.63, 3.8) is 0 Å². The van der Waals surface area contributed by atoms with Crippen molar-refractivity contribution in [1.29, 1.82) is 0 Å². The molecule has 2 nitrogen and oxygen atoms in total. The average Bonchev–Trinajstić information content (AvgIpc) is 2.54. The molecule has 0 bridgehead atoms. The largest absolute Gasteiger partial charge is 0.384 e. The van der Waals surface area contributed by atoms with Crippen molar-refractivity contribution in [2.75, 3.05) is 11.5 Å². The van der Waals surface area contributed by atoms with Crippen LogP contribution < -0.4 is 0 Å². The van der Waals surface area contributed by atoms with E-state index < -0.39 is 5.60 Å². The van der Waals surface area contributed by atoms with Crippen LogP contribution in [0.25, 0.3) is 0 Å². The highest BCUT2D eigenvalue weighted by Crippen LogP contribution is 2.36. The second-order valence-corrected chi connectivity index (χ2v) is 4.63. The van der Waals surface area contributed by atoms with Crippen molar-refractivity contribution in [2.45, 2.75) is 18.9 Å². The molecular formula is C10H13NOS. The normalized spacial score (nSPS) is 27.8. The number of thioether (sulfide) groups is 1. The summed E-state index contributed by atoms with van der Waals surface area (Å²) in [6.07, 6.45) is 2.64. The van der Waals surface area contributed by atoms with Crippen LogP contribution in [0, 0.1) is 6.92 Å². The van der Waals surface area contributed by atoms with Crippen molar-refractivity contribution in [3.8, 4) is 0 Å². The minimum absolute atomic E-state index is 0.620. The van der Waals surface area contributed by atoms with Crippen LogP contribution in [0.3, 0.4) is 0 Å². The molecule has 1 saturated heterocycles. The van der Waals surface area contributed by atoms with Gasteiger partial charge in [-0.2, -0.15) is 11.8 Å². The van der Waals surface area contributed by atoms with Gasteiger partial charge in [0.05, 0.1) is 0 Å². The second-order valence-electron chi connectivity index (χ2n) is 3.52. The minimum Gasteiger partial charge on any atom is -0.384 e. The number of hydrogen-bond donors (Lipinski definition) is 1. The Morgan fingerprint density at radius 3 is 2.92 bits per heavy atom. The van der Waals surface area contributed by atoms with E-state index in [0.717, 1.165) is 29.2 Å². The van der Waals surface area contributed by atoms with Gasteiger partial charge in [0.25, 0.3) is 0 Å². The molecule has 1 aromatic heterocycles. The third kappa shape index (κ3) is 1.71. The zero-order chi connectivity index (χ0) is 9.31. The van der Waals surface area contributed by atoms with Crippen LogP contribution in [-0.2, 0) is 5.60 Å². The number of aliphatic hydroxyl groups is 1. The zero-order valence-electron chi connectivity index (χ0n) is 7.66. The first-order chi connectivity index (χ1) is 6.21. The summed E-state index contributed by atoms with van der Waals surface area (Å²) in [5.41, 5.74) is 1.34. The van der Waals surface area contributed by atoms with E-state index in [2.05, 4.69) is 4.98 Å². The summed E-state index contributed by atoms with van der Waals surface area (Å²) in [5, 5.41) is 10.2. The maximum Gasteiger partial charge on any atom is 0.101 e. The van der Waals surface area contributed by atoms with Crippen molar-refractivity contribution >= 4 is 11.8 Å². The van der Waals surface area contributed by atoms with Gasteiger partial charge in [0.2, 0.25) is 0 Å². The summed E-state index contributed by atoms with van der Waals surface area (Å²) in [4.78, 5) is 4.20.